The second kappa shape index (κ2) is 16.2. The Morgan fingerprint density at radius 1 is 0.682 bits per heavy atom. The molecule has 0 saturated heterocycles. The van der Waals surface area contributed by atoms with E-state index < -0.39 is 0 Å². The van der Waals surface area contributed by atoms with Gasteiger partial charge in [0.15, 0.2) is 0 Å². The molecule has 0 spiro atoms. The fourth-order valence-corrected chi connectivity index (χ4v) is 1.69. The lowest BCUT2D eigenvalue weighted by molar-refractivity contribution is -0.145. The predicted molar refractivity (Wildman–Crippen MR) is 82.6 cm³/mol. The molecule has 6 heteroatoms. The molecule has 0 unspecified atom stereocenters. The number of ether oxygens (including phenoxy) is 4. The van der Waals surface area contributed by atoms with Gasteiger partial charge < -0.3 is 18.9 Å². The van der Waals surface area contributed by atoms with E-state index in [2.05, 4.69) is 6.92 Å². The second-order valence-electron chi connectivity index (χ2n) is 4.81. The Morgan fingerprint density at radius 3 is 2.00 bits per heavy atom. The highest BCUT2D eigenvalue weighted by Gasteiger charge is 2.02. The Morgan fingerprint density at radius 2 is 1.32 bits per heavy atom. The molecule has 0 radical (unpaired) electrons. The molecule has 22 heavy (non-hydrogen) atoms. The maximum atomic E-state index is 11.4. The molecule has 130 valence electrons. The number of hydrogen-bond donors (Lipinski definition) is 0. The van der Waals surface area contributed by atoms with E-state index in [-0.39, 0.29) is 25.0 Å². The highest BCUT2D eigenvalue weighted by molar-refractivity contribution is 5.69. The van der Waals surface area contributed by atoms with E-state index in [0.717, 1.165) is 25.7 Å². The third-order valence-corrected chi connectivity index (χ3v) is 2.85. The molecule has 0 N–H and O–H groups in total. The van der Waals surface area contributed by atoms with Crippen molar-refractivity contribution in [3.05, 3.63) is 0 Å². The summed E-state index contributed by atoms with van der Waals surface area (Å²) in [4.78, 5) is 22.4. The number of hydrogen-bond acceptors (Lipinski definition) is 6. The SMILES string of the molecule is CCCCCCC(=O)OCCOCCOCCC(=O)OCC. The first-order valence-electron chi connectivity index (χ1n) is 8.17. The van der Waals surface area contributed by atoms with E-state index in [0.29, 0.717) is 39.5 Å². The highest BCUT2D eigenvalue weighted by Crippen LogP contribution is 2.03. The van der Waals surface area contributed by atoms with E-state index in [1.807, 2.05) is 0 Å². The van der Waals surface area contributed by atoms with Crippen LogP contribution in [0.3, 0.4) is 0 Å². The molecule has 0 saturated carbocycles. The van der Waals surface area contributed by atoms with Gasteiger partial charge >= 0.3 is 11.9 Å². The molecule has 6 nitrogen and oxygen atoms in total. The normalized spacial score (nSPS) is 10.5. The van der Waals surface area contributed by atoms with E-state index >= 15 is 0 Å². The van der Waals surface area contributed by atoms with Crippen LogP contribution in [0.1, 0.15) is 52.4 Å². The summed E-state index contributed by atoms with van der Waals surface area (Å²) in [6.07, 6.45) is 5.02. The van der Waals surface area contributed by atoms with Gasteiger partial charge in [0.05, 0.1) is 39.5 Å². The molecule has 0 aromatic heterocycles. The number of carbonyl (C=O) groups is 2. The monoisotopic (exact) mass is 318 g/mol. The molecule has 0 aromatic carbocycles. The summed E-state index contributed by atoms with van der Waals surface area (Å²) < 4.78 is 20.3. The van der Waals surface area contributed by atoms with Gasteiger partial charge in [-0.1, -0.05) is 26.2 Å². The van der Waals surface area contributed by atoms with Crippen molar-refractivity contribution in [2.45, 2.75) is 52.4 Å². The molecule has 0 fully saturated rings. The van der Waals surface area contributed by atoms with Gasteiger partial charge in [0.25, 0.3) is 0 Å². The van der Waals surface area contributed by atoms with Gasteiger partial charge in [0, 0.05) is 6.42 Å². The first-order chi connectivity index (χ1) is 10.7. The smallest absolute Gasteiger partial charge is 0.308 e. The van der Waals surface area contributed by atoms with Crippen LogP contribution in [0.15, 0.2) is 0 Å². The van der Waals surface area contributed by atoms with Crippen LogP contribution in [0.4, 0.5) is 0 Å². The minimum Gasteiger partial charge on any atom is -0.466 e. The molecule has 0 rings (SSSR count). The van der Waals surface area contributed by atoms with E-state index in [4.69, 9.17) is 18.9 Å². The number of rotatable bonds is 15. The molecule has 0 atom stereocenters. The lowest BCUT2D eigenvalue weighted by Gasteiger charge is -2.07. The summed E-state index contributed by atoms with van der Waals surface area (Å²) in [7, 11) is 0. The van der Waals surface area contributed by atoms with Gasteiger partial charge in [0.2, 0.25) is 0 Å². The summed E-state index contributed by atoms with van der Waals surface area (Å²) in [5, 5.41) is 0. The summed E-state index contributed by atoms with van der Waals surface area (Å²) in [6, 6.07) is 0. The number of esters is 2. The van der Waals surface area contributed by atoms with Crippen LogP contribution < -0.4 is 0 Å². The van der Waals surface area contributed by atoms with Crippen molar-refractivity contribution in [3.63, 3.8) is 0 Å². The number of unbranched alkanes of at least 4 members (excludes halogenated alkanes) is 3. The molecule has 0 aromatic rings. The van der Waals surface area contributed by atoms with Crippen LogP contribution in [0, 0.1) is 0 Å². The standard InChI is InChI=1S/C16H30O6/c1-3-5-6-7-8-15(17)22-14-13-20-12-11-19-10-9-16(18)21-4-2/h3-14H2,1-2H3. The van der Waals surface area contributed by atoms with Crippen LogP contribution in [0.25, 0.3) is 0 Å². The minimum absolute atomic E-state index is 0.162. The fraction of sp³-hybridized carbons (Fsp3) is 0.875. The first kappa shape index (κ1) is 20.9. The zero-order chi connectivity index (χ0) is 16.5. The van der Waals surface area contributed by atoms with Crippen molar-refractivity contribution < 1.29 is 28.5 Å². The lowest BCUT2D eigenvalue weighted by atomic mass is 10.2. The Hall–Kier alpha value is -1.14. The largest absolute Gasteiger partial charge is 0.466 e. The Kier molecular flexibility index (Phi) is 15.4. The Labute approximate surface area is 133 Å². The fourth-order valence-electron chi connectivity index (χ4n) is 1.69. The molecular formula is C16H30O6. The van der Waals surface area contributed by atoms with Crippen molar-refractivity contribution in [2.24, 2.45) is 0 Å². The van der Waals surface area contributed by atoms with Gasteiger partial charge in [-0.25, -0.2) is 0 Å². The maximum Gasteiger partial charge on any atom is 0.308 e. The summed E-state index contributed by atoms with van der Waals surface area (Å²) in [6.45, 7) is 6.08. The van der Waals surface area contributed by atoms with Gasteiger partial charge in [0.1, 0.15) is 6.61 Å². The van der Waals surface area contributed by atoms with E-state index in [1.165, 1.54) is 0 Å². The van der Waals surface area contributed by atoms with Crippen LogP contribution in [-0.2, 0) is 28.5 Å². The molecule has 0 aliphatic rings. The Balaban J connectivity index is 3.19. The molecule has 0 aliphatic carbocycles. The average molecular weight is 318 g/mol. The van der Waals surface area contributed by atoms with E-state index in [1.54, 1.807) is 6.92 Å². The van der Waals surface area contributed by atoms with Crippen LogP contribution in [-0.4, -0.2) is 51.6 Å². The third kappa shape index (κ3) is 15.3. The van der Waals surface area contributed by atoms with Crippen molar-refractivity contribution in [1.82, 2.24) is 0 Å². The Bertz CT molecular complexity index is 280. The molecule has 0 heterocycles. The molecular weight excluding hydrogens is 288 g/mol. The van der Waals surface area contributed by atoms with Crippen molar-refractivity contribution in [1.29, 1.82) is 0 Å². The van der Waals surface area contributed by atoms with Crippen molar-refractivity contribution >= 4 is 11.9 Å². The zero-order valence-corrected chi connectivity index (χ0v) is 13.9. The van der Waals surface area contributed by atoms with Gasteiger partial charge in [-0.05, 0) is 13.3 Å². The van der Waals surface area contributed by atoms with Crippen LogP contribution in [0.5, 0.6) is 0 Å². The van der Waals surface area contributed by atoms with Gasteiger partial charge in [-0.2, -0.15) is 0 Å². The van der Waals surface area contributed by atoms with Crippen LogP contribution >= 0.6 is 0 Å². The molecule has 0 bridgehead atoms. The molecule has 0 aliphatic heterocycles. The number of carbonyl (C=O) groups excluding carboxylic acids is 2. The minimum atomic E-state index is -0.255. The quantitative estimate of drug-likeness (QED) is 0.341. The summed E-state index contributed by atoms with van der Waals surface area (Å²) >= 11 is 0. The molecule has 0 amide bonds. The predicted octanol–water partition coefficient (Wildman–Crippen LogP) is 2.49. The van der Waals surface area contributed by atoms with Crippen molar-refractivity contribution in [3.8, 4) is 0 Å². The summed E-state index contributed by atoms with van der Waals surface area (Å²) in [5.74, 6) is -0.417. The average Bonchev–Trinajstić information content (AvgIpc) is 2.50. The van der Waals surface area contributed by atoms with Gasteiger partial charge in [-0.3, -0.25) is 9.59 Å². The van der Waals surface area contributed by atoms with Crippen LogP contribution in [0.2, 0.25) is 0 Å². The zero-order valence-electron chi connectivity index (χ0n) is 13.9. The maximum absolute atomic E-state index is 11.4. The lowest BCUT2D eigenvalue weighted by Crippen LogP contribution is -2.14. The van der Waals surface area contributed by atoms with Gasteiger partial charge in [-0.15, -0.1) is 0 Å². The topological polar surface area (TPSA) is 71.1 Å². The van der Waals surface area contributed by atoms with E-state index in [9.17, 15) is 9.59 Å². The van der Waals surface area contributed by atoms with Crippen molar-refractivity contribution in [2.75, 3.05) is 39.6 Å². The third-order valence-electron chi connectivity index (χ3n) is 2.85. The second-order valence-corrected chi connectivity index (χ2v) is 4.81. The summed E-state index contributed by atoms with van der Waals surface area (Å²) in [5.41, 5.74) is 0. The highest BCUT2D eigenvalue weighted by atomic mass is 16.6. The first-order valence-corrected chi connectivity index (χ1v) is 8.17.